The first-order chi connectivity index (χ1) is 8.16. The van der Waals surface area contributed by atoms with Crippen LogP contribution >= 0.6 is 11.6 Å². The molecule has 1 saturated carbocycles. The average Bonchev–Trinajstić information content (AvgIpc) is 2.84. The van der Waals surface area contributed by atoms with Gasteiger partial charge in [0.25, 0.3) is 0 Å². The SMILES string of the molecule is Cc1cc(OCC(N)C2CCCC2)ccc1Cl. The lowest BCUT2D eigenvalue weighted by atomic mass is 10.00. The van der Waals surface area contributed by atoms with Gasteiger partial charge in [0.1, 0.15) is 12.4 Å². The van der Waals surface area contributed by atoms with Crippen molar-refractivity contribution < 1.29 is 4.74 Å². The molecule has 2 N–H and O–H groups in total. The van der Waals surface area contributed by atoms with Gasteiger partial charge in [-0.2, -0.15) is 0 Å². The Morgan fingerprint density at radius 1 is 1.41 bits per heavy atom. The van der Waals surface area contributed by atoms with E-state index in [0.29, 0.717) is 12.5 Å². The predicted octanol–water partition coefficient (Wildman–Crippen LogP) is 3.54. The molecule has 2 nitrogen and oxygen atoms in total. The smallest absolute Gasteiger partial charge is 0.119 e. The Hall–Kier alpha value is -0.730. The molecule has 0 bridgehead atoms. The molecule has 1 aromatic rings. The molecule has 1 fully saturated rings. The van der Waals surface area contributed by atoms with Gasteiger partial charge in [0.2, 0.25) is 0 Å². The first-order valence-corrected chi connectivity index (χ1v) is 6.69. The summed E-state index contributed by atoms with van der Waals surface area (Å²) < 4.78 is 5.73. The maximum atomic E-state index is 6.14. The molecule has 0 spiro atoms. The van der Waals surface area contributed by atoms with Gasteiger partial charge < -0.3 is 10.5 Å². The average molecular weight is 254 g/mol. The number of aryl methyl sites for hydroxylation is 1. The minimum absolute atomic E-state index is 0.161. The zero-order chi connectivity index (χ0) is 12.3. The van der Waals surface area contributed by atoms with Crippen molar-refractivity contribution in [3.63, 3.8) is 0 Å². The van der Waals surface area contributed by atoms with Gasteiger partial charge in [0, 0.05) is 11.1 Å². The molecule has 94 valence electrons. The summed E-state index contributed by atoms with van der Waals surface area (Å²) in [6.07, 6.45) is 5.14. The van der Waals surface area contributed by atoms with Crippen LogP contribution in [-0.2, 0) is 0 Å². The lowest BCUT2D eigenvalue weighted by Gasteiger charge is -2.19. The minimum Gasteiger partial charge on any atom is -0.492 e. The minimum atomic E-state index is 0.161. The van der Waals surface area contributed by atoms with Gasteiger partial charge in [0.05, 0.1) is 0 Å². The molecular formula is C14H20ClNO. The fraction of sp³-hybridized carbons (Fsp3) is 0.571. The van der Waals surface area contributed by atoms with Gasteiger partial charge in [-0.1, -0.05) is 24.4 Å². The fourth-order valence-electron chi connectivity index (χ4n) is 2.42. The van der Waals surface area contributed by atoms with Crippen molar-refractivity contribution in [2.75, 3.05) is 6.61 Å². The Morgan fingerprint density at radius 2 is 2.12 bits per heavy atom. The topological polar surface area (TPSA) is 35.2 Å². The molecule has 0 aliphatic heterocycles. The molecule has 1 atom stereocenters. The molecule has 3 heteroatoms. The van der Waals surface area contributed by atoms with Crippen LogP contribution < -0.4 is 10.5 Å². The second-order valence-electron chi connectivity index (χ2n) is 4.93. The summed E-state index contributed by atoms with van der Waals surface area (Å²) in [5.74, 6) is 1.50. The highest BCUT2D eigenvalue weighted by molar-refractivity contribution is 6.31. The first kappa shape index (κ1) is 12.7. The predicted molar refractivity (Wildman–Crippen MR) is 71.6 cm³/mol. The van der Waals surface area contributed by atoms with E-state index < -0.39 is 0 Å². The molecule has 1 aromatic carbocycles. The quantitative estimate of drug-likeness (QED) is 0.891. The molecule has 0 amide bonds. The lowest BCUT2D eigenvalue weighted by molar-refractivity contribution is 0.247. The summed E-state index contributed by atoms with van der Waals surface area (Å²) >= 11 is 5.97. The summed E-state index contributed by atoms with van der Waals surface area (Å²) in [4.78, 5) is 0. The van der Waals surface area contributed by atoms with Crippen molar-refractivity contribution in [1.29, 1.82) is 0 Å². The van der Waals surface area contributed by atoms with Crippen LogP contribution in [0.1, 0.15) is 31.2 Å². The van der Waals surface area contributed by atoms with Crippen molar-refractivity contribution in [1.82, 2.24) is 0 Å². The highest BCUT2D eigenvalue weighted by Gasteiger charge is 2.22. The summed E-state index contributed by atoms with van der Waals surface area (Å²) in [6.45, 7) is 2.58. The maximum absolute atomic E-state index is 6.14. The lowest BCUT2D eigenvalue weighted by Crippen LogP contribution is -2.34. The summed E-state index contributed by atoms with van der Waals surface area (Å²) in [5.41, 5.74) is 7.18. The molecule has 1 aliphatic carbocycles. The highest BCUT2D eigenvalue weighted by Crippen LogP contribution is 2.27. The third-order valence-corrected chi connectivity index (χ3v) is 4.00. The molecule has 0 aromatic heterocycles. The highest BCUT2D eigenvalue weighted by atomic mass is 35.5. The summed E-state index contributed by atoms with van der Waals surface area (Å²) in [7, 11) is 0. The Labute approximate surface area is 108 Å². The Bertz CT molecular complexity index is 374. The van der Waals surface area contributed by atoms with Crippen LogP contribution in [0.4, 0.5) is 0 Å². The van der Waals surface area contributed by atoms with Crippen LogP contribution in [-0.4, -0.2) is 12.6 Å². The molecule has 0 saturated heterocycles. The van der Waals surface area contributed by atoms with E-state index >= 15 is 0 Å². The van der Waals surface area contributed by atoms with Gasteiger partial charge in [0.15, 0.2) is 0 Å². The van der Waals surface area contributed by atoms with Crippen LogP contribution in [0.2, 0.25) is 5.02 Å². The first-order valence-electron chi connectivity index (χ1n) is 6.31. The number of benzene rings is 1. The molecular weight excluding hydrogens is 234 g/mol. The van der Waals surface area contributed by atoms with Crippen molar-refractivity contribution >= 4 is 11.6 Å². The number of ether oxygens (including phenoxy) is 1. The Kier molecular flexibility index (Phi) is 4.30. The number of halogens is 1. The monoisotopic (exact) mass is 253 g/mol. The van der Waals surface area contributed by atoms with Crippen molar-refractivity contribution in [2.24, 2.45) is 11.7 Å². The van der Waals surface area contributed by atoms with Gasteiger partial charge in [-0.15, -0.1) is 0 Å². The zero-order valence-corrected chi connectivity index (χ0v) is 11.0. The van der Waals surface area contributed by atoms with Crippen LogP contribution in [0.15, 0.2) is 18.2 Å². The zero-order valence-electron chi connectivity index (χ0n) is 10.3. The van der Waals surface area contributed by atoms with E-state index in [1.165, 1.54) is 25.7 Å². The molecule has 2 rings (SSSR count). The number of hydrogen-bond acceptors (Lipinski definition) is 2. The number of hydrogen-bond donors (Lipinski definition) is 1. The molecule has 1 aliphatic rings. The van der Waals surface area contributed by atoms with E-state index in [2.05, 4.69) is 0 Å². The van der Waals surface area contributed by atoms with E-state index in [4.69, 9.17) is 22.1 Å². The van der Waals surface area contributed by atoms with Gasteiger partial charge in [-0.05, 0) is 49.4 Å². The van der Waals surface area contributed by atoms with E-state index in [9.17, 15) is 0 Å². The van der Waals surface area contributed by atoms with Gasteiger partial charge >= 0.3 is 0 Å². The Morgan fingerprint density at radius 3 is 2.76 bits per heavy atom. The van der Waals surface area contributed by atoms with Crippen molar-refractivity contribution in [3.05, 3.63) is 28.8 Å². The standard InChI is InChI=1S/C14H20ClNO/c1-10-8-12(6-7-13(10)15)17-9-14(16)11-4-2-3-5-11/h6-8,11,14H,2-5,9,16H2,1H3. The van der Waals surface area contributed by atoms with E-state index in [1.807, 2.05) is 25.1 Å². The van der Waals surface area contributed by atoms with Gasteiger partial charge in [-0.25, -0.2) is 0 Å². The van der Waals surface area contributed by atoms with Crippen LogP contribution in [0.5, 0.6) is 5.75 Å². The third kappa shape index (κ3) is 3.36. The molecule has 17 heavy (non-hydrogen) atoms. The maximum Gasteiger partial charge on any atom is 0.119 e. The van der Waals surface area contributed by atoms with Gasteiger partial charge in [-0.3, -0.25) is 0 Å². The normalized spacial score (nSPS) is 18.3. The molecule has 0 radical (unpaired) electrons. The number of rotatable bonds is 4. The third-order valence-electron chi connectivity index (χ3n) is 3.58. The fourth-order valence-corrected chi connectivity index (χ4v) is 2.54. The van der Waals surface area contributed by atoms with Crippen LogP contribution in [0.3, 0.4) is 0 Å². The number of nitrogens with two attached hydrogens (primary N) is 1. The van der Waals surface area contributed by atoms with Crippen LogP contribution in [0, 0.1) is 12.8 Å². The van der Waals surface area contributed by atoms with E-state index in [0.717, 1.165) is 16.3 Å². The van der Waals surface area contributed by atoms with E-state index in [1.54, 1.807) is 0 Å². The van der Waals surface area contributed by atoms with Crippen molar-refractivity contribution in [2.45, 2.75) is 38.6 Å². The summed E-state index contributed by atoms with van der Waals surface area (Å²) in [5, 5.41) is 0.775. The van der Waals surface area contributed by atoms with Crippen molar-refractivity contribution in [3.8, 4) is 5.75 Å². The Balaban J connectivity index is 1.86. The second kappa shape index (κ2) is 5.74. The summed E-state index contributed by atoms with van der Waals surface area (Å²) in [6, 6.07) is 5.89. The second-order valence-corrected chi connectivity index (χ2v) is 5.34. The largest absolute Gasteiger partial charge is 0.492 e. The molecule has 0 heterocycles. The molecule has 1 unspecified atom stereocenters. The van der Waals surface area contributed by atoms with E-state index in [-0.39, 0.29) is 6.04 Å². The van der Waals surface area contributed by atoms with Crippen LogP contribution in [0.25, 0.3) is 0 Å².